The highest BCUT2D eigenvalue weighted by molar-refractivity contribution is 5.25. The molecule has 0 heterocycles. The zero-order chi connectivity index (χ0) is 20.8. The van der Waals surface area contributed by atoms with Crippen LogP contribution in [-0.2, 0) is 0 Å². The highest BCUT2D eigenvalue weighted by atomic mass is 16.5. The highest BCUT2D eigenvalue weighted by Gasteiger charge is 2.59. The van der Waals surface area contributed by atoms with E-state index in [1.807, 2.05) is 0 Å². The average Bonchev–Trinajstić information content (AvgIpc) is 3.04. The summed E-state index contributed by atoms with van der Waals surface area (Å²) < 4.78 is 0. The molecule has 0 radical (unpaired) electrons. The van der Waals surface area contributed by atoms with Gasteiger partial charge in [0.25, 0.3) is 0 Å². The Kier molecular flexibility index (Phi) is 6.26. The van der Waals surface area contributed by atoms with Gasteiger partial charge in [-0.1, -0.05) is 65.5 Å². The van der Waals surface area contributed by atoms with Crippen LogP contribution >= 0.6 is 0 Å². The molecule has 8 atom stereocenters. The van der Waals surface area contributed by atoms with Crippen molar-refractivity contribution in [3.8, 4) is 0 Å². The molecule has 0 amide bonds. The summed E-state index contributed by atoms with van der Waals surface area (Å²) in [5, 5.41) is 9.45. The van der Waals surface area contributed by atoms with E-state index in [-0.39, 0.29) is 6.04 Å². The lowest BCUT2D eigenvalue weighted by atomic mass is 9.47. The molecule has 29 heavy (non-hydrogen) atoms. The van der Waals surface area contributed by atoms with E-state index in [4.69, 9.17) is 0 Å². The molecule has 2 N–H and O–H groups in total. The molecule has 0 spiro atoms. The van der Waals surface area contributed by atoms with Crippen molar-refractivity contribution in [1.82, 2.24) is 5.48 Å². The SMILES string of the molecule is CC(C)CCC[C@@H](C)[C@H]1CC[C@H]2[C@@H]3CC=C4C[C@@H](NO)CC[C@]4(C)[C@H]3CC[C@]12C. The quantitative estimate of drug-likeness (QED) is 0.359. The normalized spacial score (nSPS) is 45.3. The van der Waals surface area contributed by atoms with E-state index < -0.39 is 0 Å². The molecule has 0 aromatic carbocycles. The minimum Gasteiger partial charge on any atom is -0.317 e. The van der Waals surface area contributed by atoms with Crippen LogP contribution in [0, 0.1) is 46.3 Å². The molecule has 0 bridgehead atoms. The Morgan fingerprint density at radius 3 is 2.55 bits per heavy atom. The summed E-state index contributed by atoms with van der Waals surface area (Å²) in [4.78, 5) is 0. The topological polar surface area (TPSA) is 32.3 Å². The number of fused-ring (bicyclic) bond motifs is 5. The minimum absolute atomic E-state index is 0.280. The number of nitrogens with one attached hydrogen (secondary N) is 1. The van der Waals surface area contributed by atoms with E-state index >= 15 is 0 Å². The Morgan fingerprint density at radius 1 is 1.03 bits per heavy atom. The molecule has 0 unspecified atom stereocenters. The van der Waals surface area contributed by atoms with Gasteiger partial charge in [0.2, 0.25) is 0 Å². The van der Waals surface area contributed by atoms with Gasteiger partial charge in [-0.15, -0.1) is 0 Å². The monoisotopic (exact) mass is 401 g/mol. The first kappa shape index (κ1) is 21.9. The lowest BCUT2D eigenvalue weighted by molar-refractivity contribution is -0.0542. The Bertz CT molecular complexity index is 612. The summed E-state index contributed by atoms with van der Waals surface area (Å²) >= 11 is 0. The number of allylic oxidation sites excluding steroid dienone is 1. The maximum Gasteiger partial charge on any atom is 0.0357 e. The van der Waals surface area contributed by atoms with Crippen LogP contribution in [0.5, 0.6) is 0 Å². The van der Waals surface area contributed by atoms with Gasteiger partial charge in [0.15, 0.2) is 0 Å². The van der Waals surface area contributed by atoms with Gasteiger partial charge in [0, 0.05) is 6.04 Å². The van der Waals surface area contributed by atoms with Gasteiger partial charge in [-0.25, -0.2) is 5.48 Å². The van der Waals surface area contributed by atoms with Crippen LogP contribution in [0.25, 0.3) is 0 Å². The molecule has 0 aromatic rings. The molecular formula is C27H47NO. The summed E-state index contributed by atoms with van der Waals surface area (Å²) in [6.07, 6.45) is 17.5. The van der Waals surface area contributed by atoms with Gasteiger partial charge in [-0.05, 0) is 97.7 Å². The summed E-state index contributed by atoms with van der Waals surface area (Å²) in [6, 6.07) is 0.280. The third-order valence-electron chi connectivity index (χ3n) is 10.5. The van der Waals surface area contributed by atoms with E-state index in [1.54, 1.807) is 5.57 Å². The standard InChI is InChI=1S/C27H47NO/c1-18(2)7-6-8-19(3)23-11-12-24-22-10-9-20-17-21(28-29)13-15-26(20,4)25(22)14-16-27(23,24)5/h9,18-19,21-25,28-29H,6-8,10-17H2,1-5H3/t19-,21+,22+,23-,24+,25+,26+,27-/m1/s1. The molecule has 4 aliphatic rings. The van der Waals surface area contributed by atoms with Gasteiger partial charge < -0.3 is 5.21 Å². The van der Waals surface area contributed by atoms with Crippen LogP contribution in [0.15, 0.2) is 11.6 Å². The molecule has 0 aliphatic heterocycles. The van der Waals surface area contributed by atoms with E-state index in [9.17, 15) is 5.21 Å². The molecule has 4 aliphatic carbocycles. The maximum atomic E-state index is 9.45. The van der Waals surface area contributed by atoms with E-state index in [0.717, 1.165) is 48.3 Å². The van der Waals surface area contributed by atoms with Crippen molar-refractivity contribution in [1.29, 1.82) is 0 Å². The van der Waals surface area contributed by atoms with Gasteiger partial charge in [0.1, 0.15) is 0 Å². The third kappa shape index (κ3) is 3.75. The van der Waals surface area contributed by atoms with Crippen LogP contribution in [0.4, 0.5) is 0 Å². The summed E-state index contributed by atoms with van der Waals surface area (Å²) in [5.74, 6) is 5.45. The van der Waals surface area contributed by atoms with Crippen molar-refractivity contribution in [2.24, 2.45) is 46.3 Å². The van der Waals surface area contributed by atoms with Crippen LogP contribution < -0.4 is 5.48 Å². The molecule has 3 saturated carbocycles. The average molecular weight is 402 g/mol. The lowest BCUT2D eigenvalue weighted by Gasteiger charge is -2.58. The van der Waals surface area contributed by atoms with Crippen LogP contribution in [0.2, 0.25) is 0 Å². The summed E-state index contributed by atoms with van der Waals surface area (Å²) in [7, 11) is 0. The number of hydrogen-bond donors (Lipinski definition) is 2. The van der Waals surface area contributed by atoms with E-state index in [2.05, 4.69) is 46.2 Å². The smallest absolute Gasteiger partial charge is 0.0357 e. The van der Waals surface area contributed by atoms with Crippen molar-refractivity contribution in [2.45, 2.75) is 111 Å². The predicted octanol–water partition coefficient (Wildman–Crippen LogP) is 7.38. The van der Waals surface area contributed by atoms with Crippen molar-refractivity contribution >= 4 is 0 Å². The highest BCUT2D eigenvalue weighted by Crippen LogP contribution is 2.67. The molecular weight excluding hydrogens is 354 g/mol. The second-order valence-corrected chi connectivity index (χ2v) is 12.4. The van der Waals surface area contributed by atoms with E-state index in [0.29, 0.717) is 10.8 Å². The lowest BCUT2D eigenvalue weighted by Crippen LogP contribution is -2.51. The van der Waals surface area contributed by atoms with Crippen molar-refractivity contribution < 1.29 is 5.21 Å². The number of rotatable bonds is 6. The zero-order valence-electron chi connectivity index (χ0n) is 19.8. The molecule has 0 saturated heterocycles. The van der Waals surface area contributed by atoms with Gasteiger partial charge in [-0.2, -0.15) is 0 Å². The molecule has 0 aromatic heterocycles. The zero-order valence-corrected chi connectivity index (χ0v) is 19.8. The second-order valence-electron chi connectivity index (χ2n) is 12.4. The Hall–Kier alpha value is -0.340. The predicted molar refractivity (Wildman–Crippen MR) is 122 cm³/mol. The summed E-state index contributed by atoms with van der Waals surface area (Å²) in [6.45, 7) is 12.6. The van der Waals surface area contributed by atoms with Gasteiger partial charge in [-0.3, -0.25) is 0 Å². The Labute approximate surface area is 180 Å². The fourth-order valence-corrected chi connectivity index (χ4v) is 8.80. The van der Waals surface area contributed by atoms with Crippen molar-refractivity contribution in [3.05, 3.63) is 11.6 Å². The van der Waals surface area contributed by atoms with Gasteiger partial charge in [0.05, 0.1) is 0 Å². The Balaban J connectivity index is 1.48. The first-order valence-electron chi connectivity index (χ1n) is 12.9. The molecule has 4 rings (SSSR count). The molecule has 166 valence electrons. The first-order chi connectivity index (χ1) is 13.8. The van der Waals surface area contributed by atoms with Crippen molar-refractivity contribution in [3.63, 3.8) is 0 Å². The Morgan fingerprint density at radius 2 is 1.83 bits per heavy atom. The molecule has 2 nitrogen and oxygen atoms in total. The third-order valence-corrected chi connectivity index (χ3v) is 10.5. The fourth-order valence-electron chi connectivity index (χ4n) is 8.80. The molecule has 3 fully saturated rings. The van der Waals surface area contributed by atoms with Crippen molar-refractivity contribution in [2.75, 3.05) is 0 Å². The summed E-state index contributed by atoms with van der Waals surface area (Å²) in [5.41, 5.74) is 5.22. The molecule has 2 heteroatoms. The first-order valence-corrected chi connectivity index (χ1v) is 12.9. The van der Waals surface area contributed by atoms with Crippen LogP contribution in [0.1, 0.15) is 105 Å². The maximum absolute atomic E-state index is 9.45. The van der Waals surface area contributed by atoms with E-state index in [1.165, 1.54) is 57.8 Å². The van der Waals surface area contributed by atoms with Crippen LogP contribution in [0.3, 0.4) is 0 Å². The second kappa shape index (κ2) is 8.30. The number of hydroxylamine groups is 1. The van der Waals surface area contributed by atoms with Crippen LogP contribution in [-0.4, -0.2) is 11.2 Å². The van der Waals surface area contributed by atoms with Gasteiger partial charge >= 0.3 is 0 Å². The number of hydrogen-bond acceptors (Lipinski definition) is 2. The fraction of sp³-hybridized carbons (Fsp3) is 0.926. The largest absolute Gasteiger partial charge is 0.317 e. The minimum atomic E-state index is 0.280.